The van der Waals surface area contributed by atoms with Crippen molar-refractivity contribution in [1.82, 2.24) is 9.80 Å². The van der Waals surface area contributed by atoms with E-state index >= 15 is 0 Å². The minimum Gasteiger partial charge on any atom is -0.324 e. The molecule has 4 aliphatic heterocycles. The summed E-state index contributed by atoms with van der Waals surface area (Å²) in [6.07, 6.45) is 1.78. The normalized spacial score (nSPS) is 32.6. The standard InChI is InChI=1S/C23H21N3O3/c27-20-18-17-11-6-12-26(17)23(15-9-4-5-10-16(15)24-22(23)29)19(18)21(28)25(20)13-14-7-2-1-3-8-14/h1-5,7-10,17-19H,6,11-13H2,(H,24,29)/t17-,18+,19-,23-/m0/s1. The minimum atomic E-state index is -1.07. The van der Waals surface area contributed by atoms with Gasteiger partial charge in [0.25, 0.3) is 0 Å². The van der Waals surface area contributed by atoms with E-state index in [2.05, 4.69) is 10.2 Å². The summed E-state index contributed by atoms with van der Waals surface area (Å²) in [6, 6.07) is 17.1. The molecule has 29 heavy (non-hydrogen) atoms. The number of imide groups is 1. The molecule has 0 aromatic heterocycles. The van der Waals surface area contributed by atoms with E-state index in [9.17, 15) is 14.4 Å². The highest BCUT2D eigenvalue weighted by Gasteiger charge is 2.74. The van der Waals surface area contributed by atoms with Crippen molar-refractivity contribution in [1.29, 1.82) is 0 Å². The molecule has 3 saturated heterocycles. The fourth-order valence-electron chi connectivity index (χ4n) is 6.14. The number of likely N-dealkylation sites (tertiary alicyclic amines) is 1. The summed E-state index contributed by atoms with van der Waals surface area (Å²) in [5.41, 5.74) is 1.45. The lowest BCUT2D eigenvalue weighted by atomic mass is 9.75. The van der Waals surface area contributed by atoms with Gasteiger partial charge in [0.1, 0.15) is 5.54 Å². The summed E-state index contributed by atoms with van der Waals surface area (Å²) < 4.78 is 0. The lowest BCUT2D eigenvalue weighted by Gasteiger charge is -2.36. The van der Waals surface area contributed by atoms with Crippen LogP contribution in [0.4, 0.5) is 5.69 Å². The van der Waals surface area contributed by atoms with Crippen molar-refractivity contribution in [3.63, 3.8) is 0 Å². The van der Waals surface area contributed by atoms with Gasteiger partial charge in [-0.05, 0) is 31.0 Å². The highest BCUT2D eigenvalue weighted by molar-refractivity contribution is 6.15. The van der Waals surface area contributed by atoms with Gasteiger partial charge in [-0.2, -0.15) is 0 Å². The predicted molar refractivity (Wildman–Crippen MR) is 105 cm³/mol. The fourth-order valence-corrected chi connectivity index (χ4v) is 6.14. The number of para-hydroxylation sites is 1. The van der Waals surface area contributed by atoms with E-state index in [1.54, 1.807) is 0 Å². The number of hydrogen-bond donors (Lipinski definition) is 1. The molecular formula is C23H21N3O3. The van der Waals surface area contributed by atoms with Crippen molar-refractivity contribution < 1.29 is 14.4 Å². The van der Waals surface area contributed by atoms with E-state index in [-0.39, 0.29) is 30.3 Å². The molecule has 4 atom stereocenters. The quantitative estimate of drug-likeness (QED) is 0.802. The van der Waals surface area contributed by atoms with Crippen molar-refractivity contribution in [2.24, 2.45) is 11.8 Å². The van der Waals surface area contributed by atoms with Crippen LogP contribution in [0.5, 0.6) is 0 Å². The molecule has 0 bridgehead atoms. The van der Waals surface area contributed by atoms with Crippen LogP contribution in [-0.4, -0.2) is 40.1 Å². The Morgan fingerprint density at radius 1 is 0.966 bits per heavy atom. The van der Waals surface area contributed by atoms with Gasteiger partial charge in [0.05, 0.1) is 18.4 Å². The Balaban J connectivity index is 1.49. The van der Waals surface area contributed by atoms with Gasteiger partial charge in [0.15, 0.2) is 0 Å². The maximum absolute atomic E-state index is 13.6. The number of nitrogens with zero attached hydrogens (tertiary/aromatic N) is 2. The van der Waals surface area contributed by atoms with Gasteiger partial charge in [-0.3, -0.25) is 24.2 Å². The molecule has 146 valence electrons. The van der Waals surface area contributed by atoms with Gasteiger partial charge in [0, 0.05) is 17.3 Å². The van der Waals surface area contributed by atoms with E-state index in [0.717, 1.165) is 36.2 Å². The number of hydrogen-bond acceptors (Lipinski definition) is 4. The third-order valence-corrected chi connectivity index (χ3v) is 7.17. The van der Waals surface area contributed by atoms with Crippen LogP contribution in [0.3, 0.4) is 0 Å². The largest absolute Gasteiger partial charge is 0.324 e. The number of carbonyl (C=O) groups excluding carboxylic acids is 3. The SMILES string of the molecule is O=C1[C@H]2[C@@H](C(=O)N1Cc1ccccc1)[C@@]1(C(=O)Nc3ccccc31)N1CCC[C@@H]21. The second kappa shape index (κ2) is 5.76. The third kappa shape index (κ3) is 1.97. The Hall–Kier alpha value is -2.99. The van der Waals surface area contributed by atoms with Gasteiger partial charge in [-0.15, -0.1) is 0 Å². The molecule has 6 nitrogen and oxygen atoms in total. The van der Waals surface area contributed by atoms with E-state index < -0.39 is 17.4 Å². The van der Waals surface area contributed by atoms with Crippen LogP contribution in [0.15, 0.2) is 54.6 Å². The van der Waals surface area contributed by atoms with Crippen LogP contribution in [-0.2, 0) is 26.5 Å². The highest BCUT2D eigenvalue weighted by Crippen LogP contribution is 2.60. The molecule has 1 N–H and O–H groups in total. The summed E-state index contributed by atoms with van der Waals surface area (Å²) in [7, 11) is 0. The van der Waals surface area contributed by atoms with Gasteiger partial charge in [-0.1, -0.05) is 48.5 Å². The summed E-state index contributed by atoms with van der Waals surface area (Å²) in [5.74, 6) is -1.63. The van der Waals surface area contributed by atoms with Crippen molar-refractivity contribution >= 4 is 23.4 Å². The molecular weight excluding hydrogens is 366 g/mol. The first kappa shape index (κ1) is 16.9. The number of carbonyl (C=O) groups is 3. The molecule has 6 rings (SSSR count). The molecule has 4 heterocycles. The fraction of sp³-hybridized carbons (Fsp3) is 0.348. The molecule has 3 amide bonds. The van der Waals surface area contributed by atoms with Gasteiger partial charge >= 0.3 is 0 Å². The second-order valence-corrected chi connectivity index (χ2v) is 8.42. The predicted octanol–water partition coefficient (Wildman–Crippen LogP) is 2.11. The average Bonchev–Trinajstić information content (AvgIpc) is 3.44. The second-order valence-electron chi connectivity index (χ2n) is 8.42. The summed E-state index contributed by atoms with van der Waals surface area (Å²) >= 11 is 0. The monoisotopic (exact) mass is 387 g/mol. The van der Waals surface area contributed by atoms with Crippen molar-refractivity contribution in [2.45, 2.75) is 31.0 Å². The Kier molecular flexibility index (Phi) is 3.36. The molecule has 6 heteroatoms. The zero-order valence-electron chi connectivity index (χ0n) is 15.9. The molecule has 0 radical (unpaired) electrons. The molecule has 2 aromatic carbocycles. The number of benzene rings is 2. The van der Waals surface area contributed by atoms with E-state index in [1.165, 1.54) is 4.90 Å². The highest BCUT2D eigenvalue weighted by atomic mass is 16.2. The van der Waals surface area contributed by atoms with Crippen LogP contribution in [0, 0.1) is 11.8 Å². The van der Waals surface area contributed by atoms with Gasteiger partial charge < -0.3 is 5.32 Å². The van der Waals surface area contributed by atoms with Gasteiger partial charge in [-0.25, -0.2) is 0 Å². The van der Waals surface area contributed by atoms with Crippen LogP contribution < -0.4 is 5.32 Å². The van der Waals surface area contributed by atoms with Crippen LogP contribution in [0.2, 0.25) is 0 Å². The first-order valence-corrected chi connectivity index (χ1v) is 10.2. The first-order valence-electron chi connectivity index (χ1n) is 10.2. The Labute approximate surface area is 168 Å². The Bertz CT molecular complexity index is 1050. The zero-order valence-corrected chi connectivity index (χ0v) is 15.9. The third-order valence-electron chi connectivity index (χ3n) is 7.17. The number of rotatable bonds is 2. The van der Waals surface area contributed by atoms with E-state index in [0.29, 0.717) is 0 Å². The van der Waals surface area contributed by atoms with E-state index in [1.807, 2.05) is 54.6 Å². The molecule has 0 aliphatic carbocycles. The smallest absolute Gasteiger partial charge is 0.250 e. The Morgan fingerprint density at radius 3 is 2.55 bits per heavy atom. The van der Waals surface area contributed by atoms with Crippen LogP contribution in [0.25, 0.3) is 0 Å². The Morgan fingerprint density at radius 2 is 1.72 bits per heavy atom. The topological polar surface area (TPSA) is 69.7 Å². The zero-order chi connectivity index (χ0) is 19.8. The molecule has 3 fully saturated rings. The van der Waals surface area contributed by atoms with E-state index in [4.69, 9.17) is 0 Å². The lowest BCUT2D eigenvalue weighted by Crippen LogP contribution is -2.54. The molecule has 1 spiro atoms. The van der Waals surface area contributed by atoms with Crippen LogP contribution >= 0.6 is 0 Å². The number of fused-ring (bicyclic) bond motifs is 7. The lowest BCUT2D eigenvalue weighted by molar-refractivity contribution is -0.146. The minimum absolute atomic E-state index is 0.0610. The van der Waals surface area contributed by atoms with Crippen molar-refractivity contribution in [2.75, 3.05) is 11.9 Å². The molecule has 0 saturated carbocycles. The number of anilines is 1. The summed E-state index contributed by atoms with van der Waals surface area (Å²) in [4.78, 5) is 44.1. The molecule has 4 aliphatic rings. The van der Waals surface area contributed by atoms with Gasteiger partial charge in [0.2, 0.25) is 17.7 Å². The number of nitrogens with one attached hydrogen (secondary N) is 1. The van der Waals surface area contributed by atoms with Crippen LogP contribution in [0.1, 0.15) is 24.0 Å². The molecule has 2 aromatic rings. The average molecular weight is 387 g/mol. The molecule has 0 unspecified atom stereocenters. The first-order chi connectivity index (χ1) is 14.1. The maximum atomic E-state index is 13.6. The van der Waals surface area contributed by atoms with Crippen molar-refractivity contribution in [3.05, 3.63) is 65.7 Å². The summed E-state index contributed by atoms with van der Waals surface area (Å²) in [6.45, 7) is 0.996. The maximum Gasteiger partial charge on any atom is 0.250 e. The summed E-state index contributed by atoms with van der Waals surface area (Å²) in [5, 5.41) is 2.99. The van der Waals surface area contributed by atoms with Crippen molar-refractivity contribution in [3.8, 4) is 0 Å². The number of amides is 3.